The Balaban J connectivity index is 5.38. The lowest BCUT2D eigenvalue weighted by molar-refractivity contribution is -0.917. The first kappa shape index (κ1) is 59.5. The Labute approximate surface area is 382 Å². The topological polar surface area (TPSA) is 60.4 Å². The Kier molecular flexibility index (Phi) is 42.7. The highest BCUT2D eigenvalue weighted by Crippen LogP contribution is 2.29. The van der Waals surface area contributed by atoms with Crippen LogP contribution in [0.25, 0.3) is 0 Å². The summed E-state index contributed by atoms with van der Waals surface area (Å²) in [7, 11) is 6.10. The maximum Gasteiger partial charge on any atom is 0.321 e. The number of ketones is 2. The molecule has 61 heavy (non-hydrogen) atoms. The molecule has 0 aliphatic heterocycles. The average molecular weight is 859 g/mol. The number of allylic oxidation sites excluding steroid dienone is 2. The normalized spacial score (nSPS) is 13.5. The summed E-state index contributed by atoms with van der Waals surface area (Å²) in [6.07, 6.45) is 52.2. The van der Waals surface area contributed by atoms with Gasteiger partial charge < -0.3 is 4.74 Å². The molecule has 0 aromatic carbocycles. The number of esters is 1. The molecule has 0 N–H and O–H groups in total. The predicted molar refractivity (Wildman–Crippen MR) is 266 cm³/mol. The van der Waals surface area contributed by atoms with Gasteiger partial charge in [-0.25, -0.2) is 0 Å². The van der Waals surface area contributed by atoms with Crippen molar-refractivity contribution >= 4 is 17.5 Å². The van der Waals surface area contributed by atoms with Gasteiger partial charge >= 0.3 is 5.97 Å². The number of hydrogen-bond donors (Lipinski definition) is 0. The maximum atomic E-state index is 14.2. The van der Waals surface area contributed by atoms with Gasteiger partial charge in [0.2, 0.25) is 6.23 Å². The number of rotatable bonds is 48. The molecule has 5 nitrogen and oxygen atoms in total. The molecule has 0 aromatic rings. The van der Waals surface area contributed by atoms with Crippen molar-refractivity contribution in [2.45, 2.75) is 297 Å². The molecule has 0 saturated carbocycles. The summed E-state index contributed by atoms with van der Waals surface area (Å²) in [6.45, 7) is 8.85. The lowest BCUT2D eigenvalue weighted by Gasteiger charge is -2.34. The van der Waals surface area contributed by atoms with E-state index in [0.29, 0.717) is 30.2 Å². The summed E-state index contributed by atoms with van der Waals surface area (Å²) in [5.74, 6) is -1.97. The number of carbonyl (C=O) groups excluding carboxylic acids is 3. The van der Waals surface area contributed by atoms with E-state index >= 15 is 0 Å². The molecule has 360 valence electrons. The van der Waals surface area contributed by atoms with E-state index in [9.17, 15) is 14.4 Å². The highest BCUT2D eigenvalue weighted by atomic mass is 16.6. The van der Waals surface area contributed by atoms with Crippen molar-refractivity contribution in [3.05, 3.63) is 12.2 Å². The molecule has 0 aliphatic carbocycles. The molecule has 0 saturated heterocycles. The van der Waals surface area contributed by atoms with Crippen LogP contribution in [-0.4, -0.2) is 49.4 Å². The van der Waals surface area contributed by atoms with Crippen molar-refractivity contribution in [3.8, 4) is 0 Å². The quantitative estimate of drug-likeness (QED) is 0.0153. The summed E-state index contributed by atoms with van der Waals surface area (Å²) >= 11 is 0. The minimum atomic E-state index is -0.982. The van der Waals surface area contributed by atoms with Crippen molar-refractivity contribution in [3.63, 3.8) is 0 Å². The number of quaternary nitrogens is 1. The summed E-state index contributed by atoms with van der Waals surface area (Å²) in [6, 6.07) is 0. The molecule has 0 amide bonds. The van der Waals surface area contributed by atoms with E-state index < -0.39 is 17.8 Å². The van der Waals surface area contributed by atoms with Crippen LogP contribution < -0.4 is 0 Å². The lowest BCUT2D eigenvalue weighted by atomic mass is 9.79. The number of unbranched alkanes of at least 4 members (excludes halogenated alkanes) is 33. The van der Waals surface area contributed by atoms with Gasteiger partial charge in [0.1, 0.15) is 17.5 Å². The lowest BCUT2D eigenvalue weighted by Crippen LogP contribution is -2.49. The Morgan fingerprint density at radius 2 is 0.721 bits per heavy atom. The van der Waals surface area contributed by atoms with Gasteiger partial charge in [-0.1, -0.05) is 239 Å². The molecule has 3 atom stereocenters. The number of Topliss-reactive ketones (excluding diaryl/α,β-unsaturated/α-hetero) is 2. The van der Waals surface area contributed by atoms with E-state index in [0.717, 1.165) is 64.2 Å². The Hall–Kier alpha value is -1.49. The SMILES string of the molecule is CCCCCCCC/C=C\CCCCCC(C(=O)CCCCCCCCCCCCCCC)C(C(=O)CCCCCCCCCCCCCCC)C(=O)OC(CC)[N+](C)(C)C. The second-order valence-corrected chi connectivity index (χ2v) is 20.1. The number of hydrogen-bond acceptors (Lipinski definition) is 4. The Bertz CT molecular complexity index is 1010. The van der Waals surface area contributed by atoms with E-state index in [-0.39, 0.29) is 17.8 Å². The van der Waals surface area contributed by atoms with E-state index in [1.54, 1.807) is 0 Å². The first-order valence-corrected chi connectivity index (χ1v) is 27.4. The van der Waals surface area contributed by atoms with E-state index in [1.165, 1.54) is 173 Å². The number of nitrogens with zero attached hydrogens (tertiary/aromatic N) is 1. The van der Waals surface area contributed by atoms with Gasteiger partial charge in [0.05, 0.1) is 21.1 Å². The largest absolute Gasteiger partial charge is 0.412 e. The Morgan fingerprint density at radius 1 is 0.410 bits per heavy atom. The maximum absolute atomic E-state index is 14.2. The van der Waals surface area contributed by atoms with Crippen LogP contribution in [0, 0.1) is 11.8 Å². The second kappa shape index (κ2) is 43.7. The van der Waals surface area contributed by atoms with Crippen molar-refractivity contribution in [1.82, 2.24) is 0 Å². The molecule has 0 aromatic heterocycles. The molecule has 5 heteroatoms. The van der Waals surface area contributed by atoms with Gasteiger partial charge in [-0.3, -0.25) is 18.9 Å². The summed E-state index contributed by atoms with van der Waals surface area (Å²) < 4.78 is 6.67. The number of ether oxygens (including phenoxy) is 1. The minimum absolute atomic E-state index is 0.0642. The molecule has 0 fully saturated rings. The molecule has 0 radical (unpaired) electrons. The van der Waals surface area contributed by atoms with Gasteiger partial charge in [-0.2, -0.15) is 0 Å². The smallest absolute Gasteiger partial charge is 0.321 e. The van der Waals surface area contributed by atoms with Crippen LogP contribution in [0.4, 0.5) is 0 Å². The third-order valence-electron chi connectivity index (χ3n) is 13.2. The van der Waals surface area contributed by atoms with Gasteiger partial charge in [0, 0.05) is 25.2 Å². The Morgan fingerprint density at radius 3 is 1.07 bits per heavy atom. The fraction of sp³-hybridized carbons (Fsp3) is 0.911. The van der Waals surface area contributed by atoms with E-state index in [4.69, 9.17) is 4.74 Å². The second-order valence-electron chi connectivity index (χ2n) is 20.1. The van der Waals surface area contributed by atoms with Crippen molar-refractivity contribution in [2.75, 3.05) is 21.1 Å². The molecule has 0 bridgehead atoms. The zero-order valence-corrected chi connectivity index (χ0v) is 42.5. The van der Waals surface area contributed by atoms with Crippen LogP contribution in [0.15, 0.2) is 12.2 Å². The van der Waals surface area contributed by atoms with Crippen molar-refractivity contribution in [2.24, 2.45) is 11.8 Å². The average Bonchev–Trinajstić information content (AvgIpc) is 3.23. The molecule has 0 rings (SSSR count). The zero-order chi connectivity index (χ0) is 45.1. The molecule has 0 heterocycles. The third-order valence-corrected chi connectivity index (χ3v) is 13.2. The van der Waals surface area contributed by atoms with Gasteiger partial charge in [-0.15, -0.1) is 0 Å². The van der Waals surface area contributed by atoms with Crippen LogP contribution in [0.1, 0.15) is 291 Å². The minimum Gasteiger partial charge on any atom is -0.412 e. The summed E-state index contributed by atoms with van der Waals surface area (Å²) in [4.78, 5) is 42.6. The first-order valence-electron chi connectivity index (χ1n) is 27.4. The van der Waals surface area contributed by atoms with Crippen LogP contribution in [0.5, 0.6) is 0 Å². The van der Waals surface area contributed by atoms with Crippen LogP contribution in [0.2, 0.25) is 0 Å². The fourth-order valence-corrected chi connectivity index (χ4v) is 9.09. The highest BCUT2D eigenvalue weighted by Gasteiger charge is 2.41. The summed E-state index contributed by atoms with van der Waals surface area (Å²) in [5.41, 5.74) is 0. The molecule has 0 spiro atoms. The van der Waals surface area contributed by atoms with Crippen LogP contribution in [-0.2, 0) is 19.1 Å². The van der Waals surface area contributed by atoms with E-state index in [2.05, 4.69) is 32.9 Å². The molecular formula is C56H108NO4+. The monoisotopic (exact) mass is 859 g/mol. The molecular weight excluding hydrogens is 751 g/mol. The standard InChI is InChI=1S/C56H108NO4/c1-8-12-15-18-21-24-27-30-33-36-39-42-45-48-51(52(58)49-46-43-40-37-34-31-28-25-22-19-16-13-9-2)55(56(60)61-54(11-4)57(5,6)7)53(59)50-47-44-41-38-35-32-29-26-23-20-17-14-10-3/h30,33,51,54-55H,8-29,31-32,34-50H2,1-7H3/q+1/b33-30-. The van der Waals surface area contributed by atoms with Crippen molar-refractivity contribution in [1.29, 1.82) is 0 Å². The fourth-order valence-electron chi connectivity index (χ4n) is 9.09. The molecule has 3 unspecified atom stereocenters. The summed E-state index contributed by atoms with van der Waals surface area (Å²) in [5, 5.41) is 0. The first-order chi connectivity index (χ1) is 29.6. The van der Waals surface area contributed by atoms with Gasteiger partial charge in [-0.05, 0) is 44.9 Å². The number of carbonyl (C=O) groups is 3. The van der Waals surface area contributed by atoms with Gasteiger partial charge in [0.25, 0.3) is 0 Å². The van der Waals surface area contributed by atoms with Crippen molar-refractivity contribution < 1.29 is 23.6 Å². The third kappa shape index (κ3) is 36.5. The predicted octanol–water partition coefficient (Wildman–Crippen LogP) is 17.6. The zero-order valence-electron chi connectivity index (χ0n) is 42.5. The van der Waals surface area contributed by atoms with E-state index in [1.807, 2.05) is 28.1 Å². The highest BCUT2D eigenvalue weighted by molar-refractivity contribution is 6.03. The van der Waals surface area contributed by atoms with Crippen LogP contribution >= 0.6 is 0 Å². The van der Waals surface area contributed by atoms with Gasteiger partial charge in [0.15, 0.2) is 0 Å². The molecule has 0 aliphatic rings. The van der Waals surface area contributed by atoms with Crippen LogP contribution in [0.3, 0.4) is 0 Å².